The number of Topliss-reactive ketones (excluding diaryl/α,β-unsaturated/α-hetero) is 1. The Labute approximate surface area is 155 Å². The molecule has 0 saturated heterocycles. The number of carbonyl (C=O) groups is 1. The fourth-order valence-corrected chi connectivity index (χ4v) is 2.45. The molecule has 0 amide bonds. The summed E-state index contributed by atoms with van der Waals surface area (Å²) in [7, 11) is 5.82. The summed E-state index contributed by atoms with van der Waals surface area (Å²) in [5.41, 5.74) is 0.182. The monoisotopic (exact) mass is 421 g/mol. The SMILES string of the molecule is COCOc1nc(OC)c(OC)c(OCOC)c1C(=O)CCCCBr. The molecule has 25 heavy (non-hydrogen) atoms. The van der Waals surface area contributed by atoms with Gasteiger partial charge in [-0.15, -0.1) is 0 Å². The fraction of sp³-hybridized carbons (Fsp3) is 0.625. The van der Waals surface area contributed by atoms with Crippen LogP contribution in [0.3, 0.4) is 0 Å². The maximum Gasteiger partial charge on any atom is 0.264 e. The third-order valence-electron chi connectivity index (χ3n) is 3.14. The Morgan fingerprint density at radius 1 is 0.920 bits per heavy atom. The minimum Gasteiger partial charge on any atom is -0.489 e. The van der Waals surface area contributed by atoms with Gasteiger partial charge in [0.2, 0.25) is 11.6 Å². The first-order valence-corrected chi connectivity index (χ1v) is 8.75. The van der Waals surface area contributed by atoms with Crippen LogP contribution in [0.2, 0.25) is 0 Å². The Morgan fingerprint density at radius 2 is 1.60 bits per heavy atom. The summed E-state index contributed by atoms with van der Waals surface area (Å²) in [4.78, 5) is 17.0. The van der Waals surface area contributed by atoms with Crippen LogP contribution in [0, 0.1) is 0 Å². The number of nitrogens with zero attached hydrogens (tertiary/aromatic N) is 1. The molecule has 1 heterocycles. The Hall–Kier alpha value is -1.58. The number of aromatic nitrogens is 1. The standard InChI is InChI=1S/C16H24BrNO7/c1-20-9-24-13-12(11(19)7-5-6-8-17)15(25-10-21-2)18-16(23-4)14(13)22-3/h5-10H2,1-4H3. The molecule has 1 aromatic heterocycles. The summed E-state index contributed by atoms with van der Waals surface area (Å²) in [6, 6.07) is 0. The molecule has 0 radical (unpaired) electrons. The Morgan fingerprint density at radius 3 is 2.16 bits per heavy atom. The second-order valence-electron chi connectivity index (χ2n) is 4.83. The summed E-state index contributed by atoms with van der Waals surface area (Å²) in [6.07, 6.45) is 1.90. The summed E-state index contributed by atoms with van der Waals surface area (Å²) >= 11 is 3.35. The lowest BCUT2D eigenvalue weighted by Crippen LogP contribution is -2.14. The lowest BCUT2D eigenvalue weighted by atomic mass is 10.1. The van der Waals surface area contributed by atoms with Gasteiger partial charge in [0.1, 0.15) is 5.56 Å². The second kappa shape index (κ2) is 11.9. The summed E-state index contributed by atoms with van der Waals surface area (Å²) < 4.78 is 31.4. The van der Waals surface area contributed by atoms with Gasteiger partial charge in [-0.25, -0.2) is 0 Å². The van der Waals surface area contributed by atoms with E-state index in [0.29, 0.717) is 12.8 Å². The molecule has 0 aliphatic rings. The zero-order valence-electron chi connectivity index (χ0n) is 14.9. The average Bonchev–Trinajstić information content (AvgIpc) is 2.63. The van der Waals surface area contributed by atoms with Crippen LogP contribution in [-0.2, 0) is 9.47 Å². The molecule has 0 bridgehead atoms. The maximum absolute atomic E-state index is 12.8. The molecule has 0 atom stereocenters. The van der Waals surface area contributed by atoms with Gasteiger partial charge in [-0.3, -0.25) is 4.79 Å². The minimum absolute atomic E-state index is 0.0643. The van der Waals surface area contributed by atoms with Crippen LogP contribution >= 0.6 is 15.9 Å². The first-order valence-electron chi connectivity index (χ1n) is 7.63. The molecular formula is C16H24BrNO7. The Balaban J connectivity index is 3.39. The van der Waals surface area contributed by atoms with E-state index >= 15 is 0 Å². The molecular weight excluding hydrogens is 398 g/mol. The predicted octanol–water partition coefficient (Wildman–Crippen LogP) is 2.81. The lowest BCUT2D eigenvalue weighted by Gasteiger charge is -2.18. The van der Waals surface area contributed by atoms with Crippen molar-refractivity contribution < 1.29 is 33.2 Å². The van der Waals surface area contributed by atoms with E-state index in [2.05, 4.69) is 20.9 Å². The highest BCUT2D eigenvalue weighted by Crippen LogP contribution is 2.43. The summed E-state index contributed by atoms with van der Waals surface area (Å²) in [6.45, 7) is -0.150. The number of halogens is 1. The van der Waals surface area contributed by atoms with Crippen LogP contribution in [0.25, 0.3) is 0 Å². The number of carbonyl (C=O) groups excluding carboxylic acids is 1. The topological polar surface area (TPSA) is 85.3 Å². The fourth-order valence-electron chi connectivity index (χ4n) is 2.05. The molecule has 0 unspecified atom stereocenters. The third-order valence-corrected chi connectivity index (χ3v) is 3.70. The van der Waals surface area contributed by atoms with Crippen LogP contribution in [-0.4, -0.2) is 58.1 Å². The van der Waals surface area contributed by atoms with Gasteiger partial charge >= 0.3 is 0 Å². The van der Waals surface area contributed by atoms with Gasteiger partial charge in [-0.05, 0) is 12.8 Å². The van der Waals surface area contributed by atoms with E-state index < -0.39 is 0 Å². The molecule has 0 N–H and O–H groups in total. The molecule has 0 fully saturated rings. The van der Waals surface area contributed by atoms with E-state index in [1.54, 1.807) is 0 Å². The number of alkyl halides is 1. The van der Waals surface area contributed by atoms with E-state index in [1.807, 2.05) is 0 Å². The number of ketones is 1. The minimum atomic E-state index is -0.174. The van der Waals surface area contributed by atoms with E-state index in [0.717, 1.165) is 11.8 Å². The van der Waals surface area contributed by atoms with Crippen LogP contribution in [0.15, 0.2) is 0 Å². The third kappa shape index (κ3) is 6.02. The average molecular weight is 422 g/mol. The van der Waals surface area contributed by atoms with Crippen molar-refractivity contribution >= 4 is 21.7 Å². The molecule has 0 aliphatic heterocycles. The molecule has 1 aromatic rings. The van der Waals surface area contributed by atoms with Crippen molar-refractivity contribution in [2.45, 2.75) is 19.3 Å². The number of pyridine rings is 1. The van der Waals surface area contributed by atoms with Crippen LogP contribution in [0.4, 0.5) is 0 Å². The number of unbranched alkanes of at least 4 members (excludes halogenated alkanes) is 1. The van der Waals surface area contributed by atoms with Gasteiger partial charge in [-0.2, -0.15) is 4.98 Å². The highest BCUT2D eigenvalue weighted by molar-refractivity contribution is 9.09. The van der Waals surface area contributed by atoms with Crippen molar-refractivity contribution in [3.8, 4) is 23.3 Å². The maximum atomic E-state index is 12.8. The quantitative estimate of drug-likeness (QED) is 0.208. The first-order chi connectivity index (χ1) is 12.1. The van der Waals surface area contributed by atoms with Crippen LogP contribution < -0.4 is 18.9 Å². The Bertz CT molecular complexity index is 554. The van der Waals surface area contributed by atoms with Crippen molar-refractivity contribution in [3.05, 3.63) is 5.56 Å². The van der Waals surface area contributed by atoms with Gasteiger partial charge < -0.3 is 28.4 Å². The van der Waals surface area contributed by atoms with Crippen molar-refractivity contribution in [1.82, 2.24) is 4.98 Å². The van der Waals surface area contributed by atoms with Crippen LogP contribution in [0.1, 0.15) is 29.6 Å². The van der Waals surface area contributed by atoms with E-state index in [-0.39, 0.29) is 48.2 Å². The molecule has 9 heteroatoms. The van der Waals surface area contributed by atoms with Crippen molar-refractivity contribution in [2.24, 2.45) is 0 Å². The van der Waals surface area contributed by atoms with Crippen molar-refractivity contribution in [3.63, 3.8) is 0 Å². The zero-order chi connectivity index (χ0) is 18.7. The van der Waals surface area contributed by atoms with Crippen molar-refractivity contribution in [1.29, 1.82) is 0 Å². The summed E-state index contributed by atoms with van der Waals surface area (Å²) in [5.74, 6) is 0.400. The number of rotatable bonds is 13. The molecule has 142 valence electrons. The number of methoxy groups -OCH3 is 4. The largest absolute Gasteiger partial charge is 0.489 e. The van der Waals surface area contributed by atoms with E-state index in [4.69, 9.17) is 28.4 Å². The second-order valence-corrected chi connectivity index (χ2v) is 5.63. The molecule has 1 rings (SSSR count). The summed E-state index contributed by atoms with van der Waals surface area (Å²) in [5, 5.41) is 0.824. The molecule has 0 aromatic carbocycles. The first kappa shape index (κ1) is 21.5. The molecule has 0 spiro atoms. The number of hydrogen-bond donors (Lipinski definition) is 0. The van der Waals surface area contributed by atoms with Gasteiger partial charge in [0.15, 0.2) is 25.1 Å². The smallest absolute Gasteiger partial charge is 0.264 e. The lowest BCUT2D eigenvalue weighted by molar-refractivity contribution is 0.0401. The van der Waals surface area contributed by atoms with E-state index in [1.165, 1.54) is 28.4 Å². The normalized spacial score (nSPS) is 10.4. The molecule has 8 nitrogen and oxygen atoms in total. The van der Waals surface area contributed by atoms with Gasteiger partial charge in [0.05, 0.1) is 14.2 Å². The highest BCUT2D eigenvalue weighted by atomic mass is 79.9. The zero-order valence-corrected chi connectivity index (χ0v) is 16.5. The van der Waals surface area contributed by atoms with Crippen LogP contribution in [0.5, 0.6) is 23.3 Å². The molecule has 0 saturated carbocycles. The Kier molecular flexibility index (Phi) is 10.2. The van der Waals surface area contributed by atoms with Crippen molar-refractivity contribution in [2.75, 3.05) is 47.4 Å². The van der Waals surface area contributed by atoms with Gasteiger partial charge in [0, 0.05) is 26.0 Å². The highest BCUT2D eigenvalue weighted by Gasteiger charge is 2.28. The number of hydrogen-bond acceptors (Lipinski definition) is 8. The number of ether oxygens (including phenoxy) is 6. The van der Waals surface area contributed by atoms with Gasteiger partial charge in [-0.1, -0.05) is 15.9 Å². The van der Waals surface area contributed by atoms with E-state index in [9.17, 15) is 4.79 Å². The predicted molar refractivity (Wildman–Crippen MR) is 94.3 cm³/mol. The molecule has 0 aliphatic carbocycles. The van der Waals surface area contributed by atoms with Gasteiger partial charge in [0.25, 0.3) is 5.88 Å².